The summed E-state index contributed by atoms with van der Waals surface area (Å²) in [5.74, 6) is -0.193. The Labute approximate surface area is 174 Å². The molecule has 9 heteroatoms. The molecule has 144 valence electrons. The van der Waals surface area contributed by atoms with Gasteiger partial charge in [-0.3, -0.25) is 14.9 Å². The summed E-state index contributed by atoms with van der Waals surface area (Å²) in [5.41, 5.74) is 2.04. The molecule has 1 N–H and O–H groups in total. The van der Waals surface area contributed by atoms with Crippen LogP contribution in [-0.2, 0) is 0 Å². The van der Waals surface area contributed by atoms with E-state index in [0.717, 1.165) is 0 Å². The Balaban J connectivity index is 1.65. The quantitative estimate of drug-likeness (QED) is 0.319. The van der Waals surface area contributed by atoms with Crippen LogP contribution in [0.15, 0.2) is 65.1 Å². The predicted molar refractivity (Wildman–Crippen MR) is 111 cm³/mol. The van der Waals surface area contributed by atoms with Crippen molar-refractivity contribution in [3.63, 3.8) is 0 Å². The molecule has 4 rings (SSSR count). The van der Waals surface area contributed by atoms with Crippen molar-refractivity contribution >= 4 is 51.6 Å². The van der Waals surface area contributed by atoms with Crippen molar-refractivity contribution in [1.82, 2.24) is 4.98 Å². The molecule has 0 saturated heterocycles. The summed E-state index contributed by atoms with van der Waals surface area (Å²) in [7, 11) is 0. The second-order valence-corrected chi connectivity index (χ2v) is 6.93. The van der Waals surface area contributed by atoms with Gasteiger partial charge in [-0.1, -0.05) is 29.3 Å². The van der Waals surface area contributed by atoms with Gasteiger partial charge in [0.05, 0.1) is 15.6 Å². The molecule has 7 nitrogen and oxygen atoms in total. The molecule has 3 aromatic carbocycles. The number of fused-ring (bicyclic) bond motifs is 1. The fraction of sp³-hybridized carbons (Fsp3) is 0. The first-order chi connectivity index (χ1) is 13.9. The lowest BCUT2D eigenvalue weighted by Crippen LogP contribution is -2.12. The van der Waals surface area contributed by atoms with Crippen LogP contribution >= 0.6 is 23.2 Å². The number of nitro benzene ring substituents is 1. The van der Waals surface area contributed by atoms with E-state index in [1.807, 2.05) is 0 Å². The molecular formula is C20H11Cl2N3O4. The number of hydrogen-bond acceptors (Lipinski definition) is 5. The van der Waals surface area contributed by atoms with Crippen LogP contribution < -0.4 is 5.32 Å². The van der Waals surface area contributed by atoms with E-state index in [9.17, 15) is 14.9 Å². The summed E-state index contributed by atoms with van der Waals surface area (Å²) in [5, 5.41) is 14.4. The normalized spacial score (nSPS) is 10.8. The Morgan fingerprint density at radius 3 is 2.69 bits per heavy atom. The average Bonchev–Trinajstić information content (AvgIpc) is 3.12. The van der Waals surface area contributed by atoms with Gasteiger partial charge in [0.15, 0.2) is 5.58 Å². The minimum Gasteiger partial charge on any atom is -0.436 e. The zero-order valence-corrected chi connectivity index (χ0v) is 16.1. The van der Waals surface area contributed by atoms with Gasteiger partial charge in [-0.15, -0.1) is 0 Å². The number of non-ortho nitro benzene ring substituents is 1. The van der Waals surface area contributed by atoms with Gasteiger partial charge in [-0.05, 0) is 42.5 Å². The molecule has 1 aromatic heterocycles. The highest BCUT2D eigenvalue weighted by molar-refractivity contribution is 6.34. The third kappa shape index (κ3) is 3.91. The monoisotopic (exact) mass is 427 g/mol. The van der Waals surface area contributed by atoms with Crippen molar-refractivity contribution in [2.24, 2.45) is 0 Å². The summed E-state index contributed by atoms with van der Waals surface area (Å²) in [6, 6.07) is 15.4. The van der Waals surface area contributed by atoms with Crippen molar-refractivity contribution < 1.29 is 14.1 Å². The molecule has 1 amide bonds. The SMILES string of the molecule is O=C(Nc1cc(-c2nc3cc(Cl)ccc3o2)ccc1Cl)c1cccc([N+](=O)[O-])c1. The molecule has 4 aromatic rings. The number of carbonyl (C=O) groups is 1. The number of rotatable bonds is 4. The van der Waals surface area contributed by atoms with Crippen LogP contribution in [0, 0.1) is 10.1 Å². The maximum atomic E-state index is 12.5. The van der Waals surface area contributed by atoms with Gasteiger partial charge in [-0.2, -0.15) is 0 Å². The fourth-order valence-corrected chi connectivity index (χ4v) is 3.06. The number of carbonyl (C=O) groups excluding carboxylic acids is 1. The number of amides is 1. The van der Waals surface area contributed by atoms with Gasteiger partial charge in [0.1, 0.15) is 5.52 Å². The van der Waals surface area contributed by atoms with E-state index < -0.39 is 10.8 Å². The minimum absolute atomic E-state index is 0.136. The van der Waals surface area contributed by atoms with Crippen LogP contribution in [0.5, 0.6) is 0 Å². The smallest absolute Gasteiger partial charge is 0.270 e. The molecule has 0 spiro atoms. The highest BCUT2D eigenvalue weighted by Crippen LogP contribution is 2.31. The number of nitrogens with zero attached hydrogens (tertiary/aromatic N) is 2. The van der Waals surface area contributed by atoms with E-state index >= 15 is 0 Å². The Morgan fingerprint density at radius 1 is 1.07 bits per heavy atom. The molecule has 0 saturated carbocycles. The van der Waals surface area contributed by atoms with Crippen molar-refractivity contribution in [2.45, 2.75) is 0 Å². The number of nitrogens with one attached hydrogen (secondary N) is 1. The molecule has 0 aliphatic rings. The molecule has 0 aliphatic heterocycles. The van der Waals surface area contributed by atoms with Gasteiger partial charge < -0.3 is 9.73 Å². The lowest BCUT2D eigenvalue weighted by atomic mass is 10.1. The summed E-state index contributed by atoms with van der Waals surface area (Å²) in [6.07, 6.45) is 0. The highest BCUT2D eigenvalue weighted by Gasteiger charge is 2.15. The third-order valence-electron chi connectivity index (χ3n) is 4.13. The van der Waals surface area contributed by atoms with Crippen LogP contribution in [0.1, 0.15) is 10.4 Å². The van der Waals surface area contributed by atoms with Crippen LogP contribution in [0.2, 0.25) is 10.0 Å². The summed E-state index contributed by atoms with van der Waals surface area (Å²) in [6.45, 7) is 0. The molecule has 0 bridgehead atoms. The average molecular weight is 428 g/mol. The Kier molecular flexibility index (Phi) is 4.92. The number of aromatic nitrogens is 1. The first-order valence-electron chi connectivity index (χ1n) is 8.32. The van der Waals surface area contributed by atoms with E-state index in [-0.39, 0.29) is 11.3 Å². The third-order valence-corrected chi connectivity index (χ3v) is 4.69. The molecule has 29 heavy (non-hydrogen) atoms. The van der Waals surface area contributed by atoms with E-state index in [0.29, 0.717) is 38.3 Å². The van der Waals surface area contributed by atoms with Crippen LogP contribution in [0.25, 0.3) is 22.6 Å². The Bertz CT molecular complexity index is 1270. The molecule has 0 unspecified atom stereocenters. The first kappa shape index (κ1) is 18.9. The zero-order chi connectivity index (χ0) is 20.5. The lowest BCUT2D eigenvalue weighted by Gasteiger charge is -2.08. The second-order valence-electron chi connectivity index (χ2n) is 6.09. The van der Waals surface area contributed by atoms with E-state index in [1.54, 1.807) is 36.4 Å². The zero-order valence-electron chi connectivity index (χ0n) is 14.6. The van der Waals surface area contributed by atoms with Crippen molar-refractivity contribution in [2.75, 3.05) is 5.32 Å². The lowest BCUT2D eigenvalue weighted by molar-refractivity contribution is -0.384. The number of oxazole rings is 1. The van der Waals surface area contributed by atoms with Gasteiger partial charge in [0.25, 0.3) is 11.6 Å². The van der Waals surface area contributed by atoms with Crippen molar-refractivity contribution in [3.8, 4) is 11.5 Å². The standard InChI is InChI=1S/C20H11Cl2N3O4/c21-13-5-7-18-17(10-13)24-20(29-18)12-4-6-15(22)16(9-12)23-19(26)11-2-1-3-14(8-11)25(27)28/h1-10H,(H,23,26). The van der Waals surface area contributed by atoms with Crippen molar-refractivity contribution in [3.05, 3.63) is 86.4 Å². The van der Waals surface area contributed by atoms with Crippen LogP contribution in [0.4, 0.5) is 11.4 Å². The molecule has 0 radical (unpaired) electrons. The second kappa shape index (κ2) is 7.54. The Hall–Kier alpha value is -3.42. The van der Waals surface area contributed by atoms with Gasteiger partial charge in [-0.25, -0.2) is 4.98 Å². The molecular weight excluding hydrogens is 417 g/mol. The summed E-state index contributed by atoms with van der Waals surface area (Å²) in [4.78, 5) is 27.3. The largest absolute Gasteiger partial charge is 0.436 e. The van der Waals surface area contributed by atoms with E-state index in [1.165, 1.54) is 24.3 Å². The highest BCUT2D eigenvalue weighted by atomic mass is 35.5. The predicted octanol–water partition coefficient (Wildman–Crippen LogP) is 5.96. The number of benzene rings is 3. The summed E-state index contributed by atoms with van der Waals surface area (Å²) >= 11 is 12.2. The van der Waals surface area contributed by atoms with Crippen molar-refractivity contribution in [1.29, 1.82) is 0 Å². The van der Waals surface area contributed by atoms with Crippen LogP contribution in [-0.4, -0.2) is 15.8 Å². The van der Waals surface area contributed by atoms with Gasteiger partial charge >= 0.3 is 0 Å². The first-order valence-corrected chi connectivity index (χ1v) is 9.08. The maximum absolute atomic E-state index is 12.5. The fourth-order valence-electron chi connectivity index (χ4n) is 2.73. The van der Waals surface area contributed by atoms with Gasteiger partial charge in [0, 0.05) is 28.3 Å². The molecule has 1 heterocycles. The number of hydrogen-bond donors (Lipinski definition) is 1. The van der Waals surface area contributed by atoms with E-state index in [4.69, 9.17) is 27.6 Å². The van der Waals surface area contributed by atoms with Gasteiger partial charge in [0.2, 0.25) is 5.89 Å². The topological polar surface area (TPSA) is 98.3 Å². The molecule has 0 fully saturated rings. The maximum Gasteiger partial charge on any atom is 0.270 e. The van der Waals surface area contributed by atoms with E-state index in [2.05, 4.69) is 10.3 Å². The minimum atomic E-state index is -0.566. The van der Waals surface area contributed by atoms with Crippen LogP contribution in [0.3, 0.4) is 0 Å². The molecule has 0 aliphatic carbocycles. The number of halogens is 2. The summed E-state index contributed by atoms with van der Waals surface area (Å²) < 4.78 is 5.74. The Morgan fingerprint density at radius 2 is 1.90 bits per heavy atom. The number of anilines is 1. The number of nitro groups is 1. The molecule has 0 atom stereocenters.